The Bertz CT molecular complexity index is 127. The predicted octanol–water partition coefficient (Wildman–Crippen LogP) is 1.79. The van der Waals surface area contributed by atoms with Gasteiger partial charge in [-0.2, -0.15) is 0 Å². The van der Waals surface area contributed by atoms with Crippen molar-refractivity contribution in [3.05, 3.63) is 0 Å². The van der Waals surface area contributed by atoms with E-state index >= 15 is 0 Å². The predicted molar refractivity (Wildman–Crippen MR) is 42.9 cm³/mol. The summed E-state index contributed by atoms with van der Waals surface area (Å²) in [5.41, 5.74) is 0.791. The molecule has 0 aromatic rings. The first-order chi connectivity index (χ1) is 4.85. The Morgan fingerprint density at radius 1 is 1.50 bits per heavy atom. The molecule has 0 aromatic carbocycles. The molecule has 1 heteroatoms. The van der Waals surface area contributed by atoms with Gasteiger partial charge in [0.2, 0.25) is 0 Å². The van der Waals surface area contributed by atoms with E-state index in [0.717, 1.165) is 11.3 Å². The number of hydrogen-bond acceptors (Lipinski definition) is 1. The highest BCUT2D eigenvalue weighted by atomic mass is 14.9. The van der Waals surface area contributed by atoms with Crippen molar-refractivity contribution in [2.75, 3.05) is 13.1 Å². The Balaban J connectivity index is 1.91. The summed E-state index contributed by atoms with van der Waals surface area (Å²) in [7, 11) is 0. The average molecular weight is 139 g/mol. The van der Waals surface area contributed by atoms with Crippen LogP contribution in [-0.2, 0) is 0 Å². The summed E-state index contributed by atoms with van der Waals surface area (Å²) in [4.78, 5) is 0. The molecule has 0 radical (unpaired) electrons. The van der Waals surface area contributed by atoms with Gasteiger partial charge in [0.15, 0.2) is 0 Å². The standard InChI is InChI=1S/C9H17N/c1-2-8-5-9(3-4-9)7-10-6-8/h8,10H,2-7H2,1H3. The summed E-state index contributed by atoms with van der Waals surface area (Å²) < 4.78 is 0. The fraction of sp³-hybridized carbons (Fsp3) is 1.00. The normalized spacial score (nSPS) is 36.3. The lowest BCUT2D eigenvalue weighted by molar-refractivity contribution is 0.263. The molecule has 0 bridgehead atoms. The highest BCUT2D eigenvalue weighted by Crippen LogP contribution is 2.51. The monoisotopic (exact) mass is 139 g/mol. The Morgan fingerprint density at radius 3 is 2.90 bits per heavy atom. The van der Waals surface area contributed by atoms with Crippen molar-refractivity contribution in [2.45, 2.75) is 32.6 Å². The minimum Gasteiger partial charge on any atom is -0.316 e. The Hall–Kier alpha value is -0.0400. The van der Waals surface area contributed by atoms with Crippen LogP contribution in [0, 0.1) is 11.3 Å². The van der Waals surface area contributed by atoms with Crippen LogP contribution < -0.4 is 5.32 Å². The van der Waals surface area contributed by atoms with Gasteiger partial charge in [-0.15, -0.1) is 0 Å². The van der Waals surface area contributed by atoms with Crippen molar-refractivity contribution < 1.29 is 0 Å². The lowest BCUT2D eigenvalue weighted by Gasteiger charge is -2.29. The molecule has 1 N–H and O–H groups in total. The maximum atomic E-state index is 3.54. The molecule has 58 valence electrons. The topological polar surface area (TPSA) is 12.0 Å². The molecule has 2 fully saturated rings. The van der Waals surface area contributed by atoms with E-state index in [-0.39, 0.29) is 0 Å². The third-order valence-corrected chi connectivity index (χ3v) is 3.19. The molecule has 0 amide bonds. The maximum absolute atomic E-state index is 3.54. The van der Waals surface area contributed by atoms with Gasteiger partial charge in [0.1, 0.15) is 0 Å². The number of hydrogen-bond donors (Lipinski definition) is 1. The molecule has 1 aliphatic heterocycles. The van der Waals surface area contributed by atoms with E-state index in [4.69, 9.17) is 0 Å². The minimum absolute atomic E-state index is 0.791. The second kappa shape index (κ2) is 2.23. The van der Waals surface area contributed by atoms with Crippen LogP contribution in [0.25, 0.3) is 0 Å². The summed E-state index contributed by atoms with van der Waals surface area (Å²) in [5.74, 6) is 0.983. The second-order valence-corrected chi connectivity index (χ2v) is 4.11. The molecule has 1 unspecified atom stereocenters. The molecule has 2 aliphatic rings. The van der Waals surface area contributed by atoms with E-state index in [1.165, 1.54) is 38.8 Å². The van der Waals surface area contributed by atoms with Gasteiger partial charge in [-0.05, 0) is 37.1 Å². The average Bonchev–Trinajstić information content (AvgIpc) is 2.70. The Morgan fingerprint density at radius 2 is 2.30 bits per heavy atom. The number of nitrogens with one attached hydrogen (secondary N) is 1. The van der Waals surface area contributed by atoms with Gasteiger partial charge in [-0.3, -0.25) is 0 Å². The molecule has 1 aliphatic carbocycles. The van der Waals surface area contributed by atoms with Crippen molar-refractivity contribution in [3.8, 4) is 0 Å². The molecule has 1 saturated heterocycles. The van der Waals surface area contributed by atoms with Gasteiger partial charge in [-0.1, -0.05) is 13.3 Å². The summed E-state index contributed by atoms with van der Waals surface area (Å²) in [6.45, 7) is 4.90. The first-order valence-electron chi connectivity index (χ1n) is 4.55. The Labute approximate surface area is 63.2 Å². The fourth-order valence-electron chi connectivity index (χ4n) is 2.14. The molecular weight excluding hydrogens is 122 g/mol. The summed E-state index contributed by atoms with van der Waals surface area (Å²) in [6, 6.07) is 0. The van der Waals surface area contributed by atoms with Crippen LogP contribution in [-0.4, -0.2) is 13.1 Å². The van der Waals surface area contributed by atoms with Crippen molar-refractivity contribution in [1.82, 2.24) is 5.32 Å². The van der Waals surface area contributed by atoms with Crippen LogP contribution in [0.1, 0.15) is 32.6 Å². The minimum atomic E-state index is 0.791. The molecule has 1 atom stereocenters. The van der Waals surface area contributed by atoms with E-state index in [1.807, 2.05) is 0 Å². The van der Waals surface area contributed by atoms with Gasteiger partial charge < -0.3 is 5.32 Å². The van der Waals surface area contributed by atoms with Crippen molar-refractivity contribution in [2.24, 2.45) is 11.3 Å². The van der Waals surface area contributed by atoms with Crippen molar-refractivity contribution >= 4 is 0 Å². The smallest absolute Gasteiger partial charge is 0.000804 e. The SMILES string of the molecule is CCC1CNCC2(CC2)C1. The zero-order valence-corrected chi connectivity index (χ0v) is 6.82. The summed E-state index contributed by atoms with van der Waals surface area (Å²) >= 11 is 0. The quantitative estimate of drug-likeness (QED) is 0.584. The summed E-state index contributed by atoms with van der Waals surface area (Å²) in [6.07, 6.45) is 5.87. The van der Waals surface area contributed by atoms with Gasteiger partial charge in [-0.25, -0.2) is 0 Å². The van der Waals surface area contributed by atoms with E-state index in [0.29, 0.717) is 0 Å². The third-order valence-electron chi connectivity index (χ3n) is 3.19. The highest BCUT2D eigenvalue weighted by Gasteiger charge is 2.45. The van der Waals surface area contributed by atoms with Crippen LogP contribution >= 0.6 is 0 Å². The van der Waals surface area contributed by atoms with E-state index in [9.17, 15) is 0 Å². The van der Waals surface area contributed by atoms with Gasteiger partial charge in [0.25, 0.3) is 0 Å². The molecule has 1 heterocycles. The molecule has 1 nitrogen and oxygen atoms in total. The second-order valence-electron chi connectivity index (χ2n) is 4.11. The molecule has 2 rings (SSSR count). The summed E-state index contributed by atoms with van der Waals surface area (Å²) in [5, 5.41) is 3.54. The van der Waals surface area contributed by atoms with E-state index < -0.39 is 0 Å². The van der Waals surface area contributed by atoms with Crippen molar-refractivity contribution in [1.29, 1.82) is 0 Å². The number of rotatable bonds is 1. The van der Waals surface area contributed by atoms with Crippen LogP contribution in [0.4, 0.5) is 0 Å². The van der Waals surface area contributed by atoms with Crippen molar-refractivity contribution in [3.63, 3.8) is 0 Å². The van der Waals surface area contributed by atoms with E-state index in [1.54, 1.807) is 0 Å². The largest absolute Gasteiger partial charge is 0.316 e. The number of piperidine rings is 1. The first kappa shape index (κ1) is 6.66. The zero-order valence-electron chi connectivity index (χ0n) is 6.82. The zero-order chi connectivity index (χ0) is 7.03. The van der Waals surface area contributed by atoms with Crippen LogP contribution in [0.5, 0.6) is 0 Å². The lowest BCUT2D eigenvalue weighted by atomic mass is 9.86. The fourth-order valence-corrected chi connectivity index (χ4v) is 2.14. The Kier molecular flexibility index (Phi) is 1.48. The van der Waals surface area contributed by atoms with E-state index in [2.05, 4.69) is 12.2 Å². The molecule has 1 spiro atoms. The molecule has 10 heavy (non-hydrogen) atoms. The molecule has 0 aromatic heterocycles. The van der Waals surface area contributed by atoms with Gasteiger partial charge in [0.05, 0.1) is 0 Å². The van der Waals surface area contributed by atoms with Gasteiger partial charge in [0, 0.05) is 6.54 Å². The van der Waals surface area contributed by atoms with Crippen LogP contribution in [0.2, 0.25) is 0 Å². The molecule has 1 saturated carbocycles. The lowest BCUT2D eigenvalue weighted by Crippen LogP contribution is -2.37. The first-order valence-corrected chi connectivity index (χ1v) is 4.55. The third kappa shape index (κ3) is 1.07. The maximum Gasteiger partial charge on any atom is 0.000804 e. The van der Waals surface area contributed by atoms with Crippen LogP contribution in [0.15, 0.2) is 0 Å². The molecular formula is C9H17N. The highest BCUT2D eigenvalue weighted by molar-refractivity contribution is 4.98. The van der Waals surface area contributed by atoms with Gasteiger partial charge >= 0.3 is 0 Å². The van der Waals surface area contributed by atoms with Crippen LogP contribution in [0.3, 0.4) is 0 Å².